The third-order valence-electron chi connectivity index (χ3n) is 1.35. The van der Waals surface area contributed by atoms with Crippen LogP contribution in [0.1, 0.15) is 0 Å². The molecule has 1 unspecified atom stereocenters. The van der Waals surface area contributed by atoms with Crippen molar-refractivity contribution in [3.8, 4) is 0 Å². The van der Waals surface area contributed by atoms with Gasteiger partial charge in [-0.05, 0) is 0 Å². The monoisotopic (exact) mass is 195 g/mol. The van der Waals surface area contributed by atoms with Crippen LogP contribution in [0.15, 0.2) is 18.2 Å². The molecule has 10 heavy (non-hydrogen) atoms. The Morgan fingerprint density at radius 2 is 2.30 bits per heavy atom. The predicted octanol–water partition coefficient (Wildman–Crippen LogP) is -0.784. The summed E-state index contributed by atoms with van der Waals surface area (Å²) in [5.41, 5.74) is 1.95. The average Bonchev–Trinajstić information content (AvgIpc) is 2.33. The second-order valence-corrected chi connectivity index (χ2v) is 3.49. The van der Waals surface area contributed by atoms with Crippen LogP contribution in [0.4, 0.5) is 0 Å². The van der Waals surface area contributed by atoms with Crippen LogP contribution in [-0.4, -0.2) is 32.3 Å². The molecule has 1 atom stereocenters. The van der Waals surface area contributed by atoms with Gasteiger partial charge in [0, 0.05) is 0 Å². The first-order chi connectivity index (χ1) is 4.86. The van der Waals surface area contributed by atoms with E-state index in [4.69, 9.17) is 0 Å². The first-order valence-electron chi connectivity index (χ1n) is 2.92. The van der Waals surface area contributed by atoms with Gasteiger partial charge in [0.1, 0.15) is 0 Å². The molecule has 0 fully saturated rings. The van der Waals surface area contributed by atoms with Crippen molar-refractivity contribution in [3.63, 3.8) is 0 Å². The molecule has 0 saturated heterocycles. The van der Waals surface area contributed by atoms with Gasteiger partial charge in [-0.3, -0.25) is 0 Å². The van der Waals surface area contributed by atoms with E-state index in [1.807, 2.05) is 12.1 Å². The second kappa shape index (κ2) is 2.10. The van der Waals surface area contributed by atoms with E-state index >= 15 is 0 Å². The molecule has 1 N–H and O–H groups in total. The summed E-state index contributed by atoms with van der Waals surface area (Å²) in [5, 5.41) is 10.4. The van der Waals surface area contributed by atoms with E-state index in [0.717, 1.165) is 11.0 Å². The van der Waals surface area contributed by atoms with Crippen molar-refractivity contribution in [3.05, 3.63) is 18.2 Å². The molecule has 2 rings (SSSR count). The molecule has 2 aromatic rings. The SMILES string of the molecule is [AsH2]c1ccc2[nH]nnc2c1. The minimum atomic E-state index is 0.946. The van der Waals surface area contributed by atoms with Crippen LogP contribution in [0.25, 0.3) is 11.0 Å². The van der Waals surface area contributed by atoms with E-state index in [2.05, 4.69) is 21.5 Å². The molecule has 3 nitrogen and oxygen atoms in total. The molecule has 0 aliphatic rings. The fraction of sp³-hybridized carbons (Fsp3) is 0. The zero-order chi connectivity index (χ0) is 6.97. The van der Waals surface area contributed by atoms with E-state index in [1.54, 1.807) is 16.9 Å². The number of fused-ring (bicyclic) bond motifs is 1. The normalized spacial score (nSPS) is 10.5. The van der Waals surface area contributed by atoms with Crippen LogP contribution in [-0.2, 0) is 0 Å². The average molecular weight is 195 g/mol. The van der Waals surface area contributed by atoms with Gasteiger partial charge in [-0.2, -0.15) is 0 Å². The predicted molar refractivity (Wildman–Crippen MR) is 42.1 cm³/mol. The number of hydrogen-bond donors (Lipinski definition) is 1. The summed E-state index contributed by atoms with van der Waals surface area (Å²) in [6.07, 6.45) is 0. The molecule has 0 bridgehead atoms. The summed E-state index contributed by atoms with van der Waals surface area (Å²) in [5.74, 6) is 0. The third kappa shape index (κ3) is 0.829. The first-order valence-corrected chi connectivity index (χ1v) is 4.14. The summed E-state index contributed by atoms with van der Waals surface area (Å²) >= 11 is 1.60. The van der Waals surface area contributed by atoms with Gasteiger partial charge >= 0.3 is 65.8 Å². The number of aromatic amines is 1. The zero-order valence-corrected chi connectivity index (χ0v) is 7.63. The molecule has 1 aromatic heterocycles. The van der Waals surface area contributed by atoms with Crippen molar-refractivity contribution in [1.82, 2.24) is 15.4 Å². The molecule has 0 amide bonds. The second-order valence-electron chi connectivity index (χ2n) is 2.09. The fourth-order valence-corrected chi connectivity index (χ4v) is 1.39. The van der Waals surface area contributed by atoms with Crippen molar-refractivity contribution >= 4 is 32.2 Å². The van der Waals surface area contributed by atoms with E-state index < -0.39 is 0 Å². The van der Waals surface area contributed by atoms with Crippen molar-refractivity contribution in [1.29, 1.82) is 0 Å². The Labute approximate surface area is 66.3 Å². The molecular formula is C6H6AsN3. The topological polar surface area (TPSA) is 41.6 Å². The first kappa shape index (κ1) is 5.93. The van der Waals surface area contributed by atoms with Crippen LogP contribution in [0.2, 0.25) is 0 Å². The third-order valence-corrected chi connectivity index (χ3v) is 2.10. The Morgan fingerprint density at radius 1 is 1.40 bits per heavy atom. The van der Waals surface area contributed by atoms with E-state index in [0.29, 0.717) is 0 Å². The molecule has 0 spiro atoms. The number of hydrogen-bond acceptors (Lipinski definition) is 2. The molecule has 1 aromatic carbocycles. The Bertz CT molecular complexity index is 355. The molecule has 0 aliphatic carbocycles. The van der Waals surface area contributed by atoms with Gasteiger partial charge in [0.15, 0.2) is 0 Å². The standard InChI is InChI=1S/C6H6AsN3/c7-4-1-2-5-6(3-4)9-10-8-5/h1-3H,7H2,(H,8,9,10). The maximum absolute atomic E-state index is 3.88. The molecule has 4 heteroatoms. The molecule has 50 valence electrons. The van der Waals surface area contributed by atoms with Crippen molar-refractivity contribution in [2.45, 2.75) is 0 Å². The Kier molecular flexibility index (Phi) is 1.24. The van der Waals surface area contributed by atoms with Crippen LogP contribution in [0, 0.1) is 0 Å². The van der Waals surface area contributed by atoms with Crippen LogP contribution < -0.4 is 4.35 Å². The molecular weight excluding hydrogens is 189 g/mol. The Hall–Kier alpha value is -0.822. The molecule has 0 aliphatic heterocycles. The van der Waals surface area contributed by atoms with Crippen LogP contribution in [0.3, 0.4) is 0 Å². The molecule has 0 saturated carbocycles. The molecule has 1 heterocycles. The number of H-pyrrole nitrogens is 1. The summed E-state index contributed by atoms with van der Waals surface area (Å²) in [6, 6.07) is 6.08. The Balaban J connectivity index is 2.86. The number of nitrogens with zero attached hydrogens (tertiary/aromatic N) is 2. The van der Waals surface area contributed by atoms with Gasteiger partial charge < -0.3 is 0 Å². The van der Waals surface area contributed by atoms with E-state index in [9.17, 15) is 0 Å². The summed E-state index contributed by atoms with van der Waals surface area (Å²) in [6.45, 7) is 0. The van der Waals surface area contributed by atoms with Gasteiger partial charge in [0.05, 0.1) is 0 Å². The van der Waals surface area contributed by atoms with Crippen molar-refractivity contribution in [2.75, 3.05) is 0 Å². The van der Waals surface area contributed by atoms with Gasteiger partial charge in [0.25, 0.3) is 0 Å². The minimum absolute atomic E-state index is 0.946. The van der Waals surface area contributed by atoms with Crippen molar-refractivity contribution in [2.24, 2.45) is 0 Å². The van der Waals surface area contributed by atoms with Crippen molar-refractivity contribution < 1.29 is 0 Å². The van der Waals surface area contributed by atoms with Gasteiger partial charge in [0.2, 0.25) is 0 Å². The Morgan fingerprint density at radius 3 is 3.20 bits per heavy atom. The van der Waals surface area contributed by atoms with Gasteiger partial charge in [-0.25, -0.2) is 0 Å². The maximum atomic E-state index is 3.88. The zero-order valence-electron chi connectivity index (χ0n) is 5.20. The fourth-order valence-electron chi connectivity index (χ4n) is 0.859. The van der Waals surface area contributed by atoms with Gasteiger partial charge in [-0.15, -0.1) is 0 Å². The number of aromatic nitrogens is 3. The summed E-state index contributed by atoms with van der Waals surface area (Å²) < 4.78 is 1.27. The number of benzene rings is 1. The van der Waals surface area contributed by atoms with Crippen LogP contribution in [0.5, 0.6) is 0 Å². The van der Waals surface area contributed by atoms with Gasteiger partial charge in [-0.1, -0.05) is 0 Å². The summed E-state index contributed by atoms with van der Waals surface area (Å²) in [7, 11) is 0. The quantitative estimate of drug-likeness (QED) is 0.560. The summed E-state index contributed by atoms with van der Waals surface area (Å²) in [4.78, 5) is 0. The van der Waals surface area contributed by atoms with Crippen LogP contribution >= 0.6 is 0 Å². The van der Waals surface area contributed by atoms with E-state index in [1.165, 1.54) is 4.35 Å². The molecule has 0 radical (unpaired) electrons. The number of nitrogens with one attached hydrogen (secondary N) is 1. The number of rotatable bonds is 0. The van der Waals surface area contributed by atoms with E-state index in [-0.39, 0.29) is 0 Å².